The standard InChI is InChI=1S/C8H10N6/c1-14-8(10)12-7(13-14)5-2-3-11-4-6(5)9/h2-4H,9H2,1H3,(H2,10,12,13). The minimum Gasteiger partial charge on any atom is -0.397 e. The first-order valence-corrected chi connectivity index (χ1v) is 4.05. The van der Waals surface area contributed by atoms with Gasteiger partial charge in [0.05, 0.1) is 11.9 Å². The molecule has 0 atom stereocenters. The lowest BCUT2D eigenvalue weighted by molar-refractivity contribution is 0.781. The number of aryl methyl sites for hydroxylation is 1. The van der Waals surface area contributed by atoms with Crippen LogP contribution in [0.5, 0.6) is 0 Å². The molecule has 2 rings (SSSR count). The third kappa shape index (κ3) is 1.26. The van der Waals surface area contributed by atoms with Crippen LogP contribution in [-0.4, -0.2) is 19.7 Å². The van der Waals surface area contributed by atoms with E-state index in [0.717, 1.165) is 5.56 Å². The Balaban J connectivity index is 2.55. The number of hydrogen-bond acceptors (Lipinski definition) is 5. The molecule has 0 unspecified atom stereocenters. The maximum Gasteiger partial charge on any atom is 0.218 e. The molecule has 0 aliphatic carbocycles. The van der Waals surface area contributed by atoms with E-state index in [1.54, 1.807) is 25.5 Å². The number of nitrogen functional groups attached to an aromatic ring is 2. The van der Waals surface area contributed by atoms with E-state index in [0.29, 0.717) is 17.5 Å². The largest absolute Gasteiger partial charge is 0.397 e. The fourth-order valence-corrected chi connectivity index (χ4v) is 1.12. The van der Waals surface area contributed by atoms with Crippen molar-refractivity contribution in [2.75, 3.05) is 11.5 Å². The second kappa shape index (κ2) is 2.99. The van der Waals surface area contributed by atoms with Gasteiger partial charge in [0.2, 0.25) is 5.95 Å². The van der Waals surface area contributed by atoms with Crippen LogP contribution in [-0.2, 0) is 7.05 Å². The lowest BCUT2D eigenvalue weighted by Crippen LogP contribution is -1.97. The number of aromatic nitrogens is 4. The highest BCUT2D eigenvalue weighted by atomic mass is 15.4. The Labute approximate surface area is 80.6 Å². The van der Waals surface area contributed by atoms with Crippen molar-refractivity contribution in [3.05, 3.63) is 18.5 Å². The molecule has 6 heteroatoms. The number of hydrogen-bond donors (Lipinski definition) is 2. The van der Waals surface area contributed by atoms with Gasteiger partial charge in [0.1, 0.15) is 0 Å². The SMILES string of the molecule is Cn1nc(-c2ccncc2N)nc1N. The first-order chi connectivity index (χ1) is 6.68. The van der Waals surface area contributed by atoms with Crippen molar-refractivity contribution in [2.24, 2.45) is 7.05 Å². The number of pyridine rings is 1. The molecule has 6 nitrogen and oxygen atoms in total. The zero-order valence-electron chi connectivity index (χ0n) is 7.68. The van der Waals surface area contributed by atoms with Gasteiger partial charge < -0.3 is 11.5 Å². The van der Waals surface area contributed by atoms with E-state index < -0.39 is 0 Å². The minimum atomic E-state index is 0.358. The van der Waals surface area contributed by atoms with E-state index >= 15 is 0 Å². The van der Waals surface area contributed by atoms with Gasteiger partial charge in [-0.1, -0.05) is 0 Å². The molecule has 14 heavy (non-hydrogen) atoms. The van der Waals surface area contributed by atoms with Crippen LogP contribution in [0.15, 0.2) is 18.5 Å². The van der Waals surface area contributed by atoms with E-state index in [9.17, 15) is 0 Å². The van der Waals surface area contributed by atoms with Gasteiger partial charge in [0.15, 0.2) is 5.82 Å². The first kappa shape index (κ1) is 8.49. The Kier molecular flexibility index (Phi) is 1.81. The van der Waals surface area contributed by atoms with Gasteiger partial charge in [-0.15, -0.1) is 5.10 Å². The van der Waals surface area contributed by atoms with Crippen LogP contribution in [0.2, 0.25) is 0 Å². The predicted octanol–water partition coefficient (Wildman–Crippen LogP) is 0.0415. The molecule has 0 radical (unpaired) electrons. The molecule has 0 bridgehead atoms. The van der Waals surface area contributed by atoms with Crippen molar-refractivity contribution in [1.82, 2.24) is 19.7 Å². The zero-order valence-corrected chi connectivity index (χ0v) is 7.68. The minimum absolute atomic E-state index is 0.358. The van der Waals surface area contributed by atoms with Gasteiger partial charge in [-0.3, -0.25) is 4.98 Å². The zero-order chi connectivity index (χ0) is 10.1. The number of nitrogens with zero attached hydrogens (tertiary/aromatic N) is 4. The summed E-state index contributed by atoms with van der Waals surface area (Å²) in [4.78, 5) is 7.94. The molecule has 0 spiro atoms. The Hall–Kier alpha value is -2.11. The molecule has 0 amide bonds. The van der Waals surface area contributed by atoms with Crippen molar-refractivity contribution >= 4 is 11.6 Å². The van der Waals surface area contributed by atoms with Crippen molar-refractivity contribution in [2.45, 2.75) is 0 Å². The Morgan fingerprint density at radius 2 is 2.14 bits per heavy atom. The monoisotopic (exact) mass is 190 g/mol. The van der Waals surface area contributed by atoms with Crippen LogP contribution in [0.25, 0.3) is 11.4 Å². The van der Waals surface area contributed by atoms with Crippen molar-refractivity contribution in [3.8, 4) is 11.4 Å². The van der Waals surface area contributed by atoms with Gasteiger partial charge in [0.25, 0.3) is 0 Å². The molecule has 2 heterocycles. The topological polar surface area (TPSA) is 95.6 Å². The number of rotatable bonds is 1. The quantitative estimate of drug-likeness (QED) is 0.662. The van der Waals surface area contributed by atoms with E-state index in [-0.39, 0.29) is 0 Å². The van der Waals surface area contributed by atoms with Crippen molar-refractivity contribution in [1.29, 1.82) is 0 Å². The fraction of sp³-hybridized carbons (Fsp3) is 0.125. The summed E-state index contributed by atoms with van der Waals surface area (Å²) in [6, 6.07) is 1.75. The highest BCUT2D eigenvalue weighted by Crippen LogP contribution is 2.21. The summed E-state index contributed by atoms with van der Waals surface area (Å²) in [5.74, 6) is 0.876. The fourth-order valence-electron chi connectivity index (χ4n) is 1.12. The van der Waals surface area contributed by atoms with Crippen LogP contribution >= 0.6 is 0 Å². The molecule has 72 valence electrons. The van der Waals surface area contributed by atoms with Gasteiger partial charge in [-0.05, 0) is 6.07 Å². The van der Waals surface area contributed by atoms with E-state index in [2.05, 4.69) is 15.1 Å². The Morgan fingerprint density at radius 3 is 2.71 bits per heavy atom. The van der Waals surface area contributed by atoms with Gasteiger partial charge >= 0.3 is 0 Å². The molecule has 4 N–H and O–H groups in total. The van der Waals surface area contributed by atoms with Gasteiger partial charge in [-0.25, -0.2) is 4.68 Å². The van der Waals surface area contributed by atoms with E-state index in [4.69, 9.17) is 11.5 Å². The summed E-state index contributed by atoms with van der Waals surface area (Å²) in [6.07, 6.45) is 3.19. The predicted molar refractivity (Wildman–Crippen MR) is 53.1 cm³/mol. The van der Waals surface area contributed by atoms with Gasteiger partial charge in [-0.2, -0.15) is 4.98 Å². The van der Waals surface area contributed by atoms with Crippen LogP contribution < -0.4 is 11.5 Å². The lowest BCUT2D eigenvalue weighted by Gasteiger charge is -1.97. The smallest absolute Gasteiger partial charge is 0.218 e. The molecule has 0 fully saturated rings. The van der Waals surface area contributed by atoms with Crippen LogP contribution in [0, 0.1) is 0 Å². The summed E-state index contributed by atoms with van der Waals surface area (Å²) in [5, 5.41) is 4.11. The summed E-state index contributed by atoms with van der Waals surface area (Å²) in [7, 11) is 1.73. The highest BCUT2D eigenvalue weighted by molar-refractivity contribution is 5.70. The molecule has 2 aromatic heterocycles. The molecule has 2 aromatic rings. The summed E-state index contributed by atoms with van der Waals surface area (Å²) in [5.41, 5.74) is 12.6. The van der Waals surface area contributed by atoms with Crippen molar-refractivity contribution in [3.63, 3.8) is 0 Å². The number of anilines is 2. The number of nitrogens with two attached hydrogens (primary N) is 2. The molecular formula is C8H10N6. The summed E-state index contributed by atoms with van der Waals surface area (Å²) >= 11 is 0. The normalized spacial score (nSPS) is 10.4. The molecule has 0 aliphatic rings. The average molecular weight is 190 g/mol. The first-order valence-electron chi connectivity index (χ1n) is 4.05. The molecule has 0 aromatic carbocycles. The maximum atomic E-state index is 5.72. The molecular weight excluding hydrogens is 180 g/mol. The second-order valence-corrected chi connectivity index (χ2v) is 2.88. The van der Waals surface area contributed by atoms with Crippen molar-refractivity contribution < 1.29 is 0 Å². The summed E-state index contributed by atoms with van der Waals surface area (Å²) in [6.45, 7) is 0. The molecule has 0 saturated carbocycles. The van der Waals surface area contributed by atoms with Crippen LogP contribution in [0.3, 0.4) is 0 Å². The lowest BCUT2D eigenvalue weighted by atomic mass is 10.2. The molecule has 0 saturated heterocycles. The maximum absolute atomic E-state index is 5.72. The Bertz CT molecular complexity index is 441. The third-order valence-corrected chi connectivity index (χ3v) is 1.89. The van der Waals surface area contributed by atoms with E-state index in [1.807, 2.05) is 0 Å². The average Bonchev–Trinajstić information content (AvgIpc) is 2.48. The molecule has 0 aliphatic heterocycles. The highest BCUT2D eigenvalue weighted by Gasteiger charge is 2.08. The van der Waals surface area contributed by atoms with E-state index in [1.165, 1.54) is 4.68 Å². The summed E-state index contributed by atoms with van der Waals surface area (Å²) < 4.78 is 1.50. The van der Waals surface area contributed by atoms with Gasteiger partial charge in [0, 0.05) is 18.8 Å². The van der Waals surface area contributed by atoms with Crippen LogP contribution in [0.1, 0.15) is 0 Å². The second-order valence-electron chi connectivity index (χ2n) is 2.88. The van der Waals surface area contributed by atoms with Crippen LogP contribution in [0.4, 0.5) is 11.6 Å². The third-order valence-electron chi connectivity index (χ3n) is 1.89. The Morgan fingerprint density at radius 1 is 1.36 bits per heavy atom.